The van der Waals surface area contributed by atoms with Crippen LogP contribution in [0.5, 0.6) is 0 Å². The summed E-state index contributed by atoms with van der Waals surface area (Å²) in [6.07, 6.45) is 4.68. The Morgan fingerprint density at radius 1 is 1.52 bits per heavy atom. The number of carboxylic acids is 1. The molecule has 0 amide bonds. The fraction of sp³-hybridized carbons (Fsp3) is 0.733. The highest BCUT2D eigenvalue weighted by Gasteiger charge is 2.36. The van der Waals surface area contributed by atoms with E-state index >= 15 is 0 Å². The van der Waals surface area contributed by atoms with Crippen molar-refractivity contribution < 1.29 is 9.90 Å². The average Bonchev–Trinajstić information content (AvgIpc) is 3.09. The van der Waals surface area contributed by atoms with E-state index < -0.39 is 5.97 Å². The molecule has 0 aliphatic heterocycles. The number of carboxylic acid groups (broad SMARTS) is 1. The summed E-state index contributed by atoms with van der Waals surface area (Å²) in [7, 11) is 0. The first-order valence-electron chi connectivity index (χ1n) is 7.70. The molecule has 2 saturated carbocycles. The minimum Gasteiger partial charge on any atom is -0.480 e. The Morgan fingerprint density at radius 3 is 2.86 bits per heavy atom. The number of thiazole rings is 1. The second-order valence-corrected chi connectivity index (χ2v) is 7.27. The molecule has 1 heterocycles. The lowest BCUT2D eigenvalue weighted by molar-refractivity contribution is -0.139. The lowest BCUT2D eigenvalue weighted by Gasteiger charge is -2.43. The van der Waals surface area contributed by atoms with Crippen LogP contribution in [0.2, 0.25) is 0 Å². The SMILES string of the molecule is Cc1ncsc1CNC1CC(N(CC(=O)O)CC2CC2)C1. The summed E-state index contributed by atoms with van der Waals surface area (Å²) in [5.74, 6) is 0.0449. The zero-order valence-corrected chi connectivity index (χ0v) is 13.2. The largest absolute Gasteiger partial charge is 0.480 e. The minimum atomic E-state index is -0.702. The predicted molar refractivity (Wildman–Crippen MR) is 82.4 cm³/mol. The summed E-state index contributed by atoms with van der Waals surface area (Å²) in [5.41, 5.74) is 3.00. The zero-order chi connectivity index (χ0) is 14.8. The molecule has 0 unspecified atom stereocenters. The smallest absolute Gasteiger partial charge is 0.317 e. The molecule has 2 aliphatic rings. The third kappa shape index (κ3) is 4.02. The first kappa shape index (κ1) is 14.9. The Labute approximate surface area is 129 Å². The minimum absolute atomic E-state index is 0.196. The van der Waals surface area contributed by atoms with Gasteiger partial charge in [-0.15, -0.1) is 11.3 Å². The molecule has 0 saturated heterocycles. The van der Waals surface area contributed by atoms with Crippen molar-refractivity contribution in [1.29, 1.82) is 0 Å². The topological polar surface area (TPSA) is 65.5 Å². The quantitative estimate of drug-likeness (QED) is 0.767. The van der Waals surface area contributed by atoms with Gasteiger partial charge in [0.05, 0.1) is 17.7 Å². The maximum atomic E-state index is 11.0. The summed E-state index contributed by atoms with van der Waals surface area (Å²) in [6.45, 7) is 4.09. The van der Waals surface area contributed by atoms with E-state index in [9.17, 15) is 4.79 Å². The van der Waals surface area contributed by atoms with E-state index in [1.54, 1.807) is 11.3 Å². The highest BCUT2D eigenvalue weighted by molar-refractivity contribution is 7.09. The van der Waals surface area contributed by atoms with Gasteiger partial charge in [0, 0.05) is 30.1 Å². The lowest BCUT2D eigenvalue weighted by Crippen LogP contribution is -2.54. The molecular formula is C15H23N3O2S. The molecule has 6 heteroatoms. The summed E-state index contributed by atoms with van der Waals surface area (Å²) in [4.78, 5) is 18.7. The van der Waals surface area contributed by atoms with Crippen LogP contribution in [0.3, 0.4) is 0 Å². The molecule has 1 aromatic rings. The van der Waals surface area contributed by atoms with Crippen LogP contribution in [0.15, 0.2) is 5.51 Å². The number of carbonyl (C=O) groups is 1. The third-order valence-corrected chi connectivity index (χ3v) is 5.49. The van der Waals surface area contributed by atoms with E-state index in [1.807, 2.05) is 12.4 Å². The van der Waals surface area contributed by atoms with Crippen molar-refractivity contribution in [3.05, 3.63) is 16.1 Å². The van der Waals surface area contributed by atoms with Crippen molar-refractivity contribution in [2.75, 3.05) is 13.1 Å². The van der Waals surface area contributed by atoms with Crippen molar-refractivity contribution in [2.45, 2.75) is 51.2 Å². The van der Waals surface area contributed by atoms with Crippen molar-refractivity contribution in [3.63, 3.8) is 0 Å². The molecule has 0 aromatic carbocycles. The first-order valence-corrected chi connectivity index (χ1v) is 8.58. The number of rotatable bonds is 8. The van der Waals surface area contributed by atoms with E-state index in [4.69, 9.17) is 5.11 Å². The fourth-order valence-corrected chi connectivity index (χ4v) is 3.66. The Kier molecular flexibility index (Phi) is 4.57. The lowest BCUT2D eigenvalue weighted by atomic mass is 9.85. The maximum Gasteiger partial charge on any atom is 0.317 e. The number of aryl methyl sites for hydroxylation is 1. The van der Waals surface area contributed by atoms with Crippen LogP contribution in [0, 0.1) is 12.8 Å². The van der Waals surface area contributed by atoms with Crippen LogP contribution >= 0.6 is 11.3 Å². The number of hydrogen-bond acceptors (Lipinski definition) is 5. The Bertz CT molecular complexity index is 495. The summed E-state index contributed by atoms with van der Waals surface area (Å²) < 4.78 is 0. The number of nitrogens with zero attached hydrogens (tertiary/aromatic N) is 2. The highest BCUT2D eigenvalue weighted by Crippen LogP contribution is 2.33. The van der Waals surface area contributed by atoms with Crippen LogP contribution in [0.1, 0.15) is 36.3 Å². The van der Waals surface area contributed by atoms with E-state index in [0.29, 0.717) is 12.1 Å². The van der Waals surface area contributed by atoms with E-state index in [2.05, 4.69) is 15.2 Å². The standard InChI is InChI=1S/C15H23N3O2S/c1-10-14(21-9-17-10)6-16-12-4-13(5-12)18(8-15(19)20)7-11-2-3-11/h9,11-13,16H,2-8H2,1H3,(H,19,20). The predicted octanol–water partition coefficient (Wildman–Crippen LogP) is 1.87. The van der Waals surface area contributed by atoms with Crippen LogP contribution in [0.4, 0.5) is 0 Å². The molecule has 0 atom stereocenters. The van der Waals surface area contributed by atoms with Crippen molar-refractivity contribution in [2.24, 2.45) is 5.92 Å². The number of aliphatic carboxylic acids is 1. The van der Waals surface area contributed by atoms with Gasteiger partial charge in [-0.3, -0.25) is 9.69 Å². The molecule has 3 rings (SSSR count). The summed E-state index contributed by atoms with van der Waals surface area (Å²) >= 11 is 1.70. The molecule has 0 spiro atoms. The molecule has 0 radical (unpaired) electrons. The van der Waals surface area contributed by atoms with Gasteiger partial charge in [-0.1, -0.05) is 0 Å². The molecule has 5 nitrogen and oxygen atoms in total. The Hall–Kier alpha value is -0.980. The number of nitrogens with one attached hydrogen (secondary N) is 1. The van der Waals surface area contributed by atoms with Gasteiger partial charge in [0.1, 0.15) is 0 Å². The first-order chi connectivity index (χ1) is 10.1. The van der Waals surface area contributed by atoms with Gasteiger partial charge in [-0.25, -0.2) is 4.98 Å². The maximum absolute atomic E-state index is 11.0. The Morgan fingerprint density at radius 2 is 2.29 bits per heavy atom. The summed E-state index contributed by atoms with van der Waals surface area (Å²) in [5, 5.41) is 12.6. The fourth-order valence-electron chi connectivity index (χ4n) is 2.93. The van der Waals surface area contributed by atoms with Crippen LogP contribution in [-0.4, -0.2) is 46.1 Å². The molecule has 2 aliphatic carbocycles. The van der Waals surface area contributed by atoms with Crippen molar-refractivity contribution in [3.8, 4) is 0 Å². The van der Waals surface area contributed by atoms with Crippen LogP contribution < -0.4 is 5.32 Å². The molecule has 2 fully saturated rings. The molecule has 116 valence electrons. The van der Waals surface area contributed by atoms with Gasteiger partial charge in [-0.2, -0.15) is 0 Å². The molecular weight excluding hydrogens is 286 g/mol. The van der Waals surface area contributed by atoms with Gasteiger partial charge < -0.3 is 10.4 Å². The van der Waals surface area contributed by atoms with E-state index in [1.165, 1.54) is 17.7 Å². The van der Waals surface area contributed by atoms with Gasteiger partial charge in [0.15, 0.2) is 0 Å². The van der Waals surface area contributed by atoms with Gasteiger partial charge >= 0.3 is 5.97 Å². The highest BCUT2D eigenvalue weighted by atomic mass is 32.1. The third-order valence-electron chi connectivity index (χ3n) is 4.55. The van der Waals surface area contributed by atoms with Gasteiger partial charge in [0.2, 0.25) is 0 Å². The van der Waals surface area contributed by atoms with E-state index in [-0.39, 0.29) is 6.54 Å². The van der Waals surface area contributed by atoms with Crippen LogP contribution in [0.25, 0.3) is 0 Å². The average molecular weight is 309 g/mol. The summed E-state index contributed by atoms with van der Waals surface area (Å²) in [6, 6.07) is 0.966. The van der Waals surface area contributed by atoms with E-state index in [0.717, 1.165) is 37.5 Å². The molecule has 21 heavy (non-hydrogen) atoms. The van der Waals surface area contributed by atoms with Gasteiger partial charge in [0.25, 0.3) is 0 Å². The Balaban J connectivity index is 1.42. The number of aromatic nitrogens is 1. The second kappa shape index (κ2) is 6.42. The van der Waals surface area contributed by atoms with Crippen LogP contribution in [-0.2, 0) is 11.3 Å². The second-order valence-electron chi connectivity index (χ2n) is 6.33. The normalized spacial score (nSPS) is 25.0. The molecule has 2 N–H and O–H groups in total. The zero-order valence-electron chi connectivity index (χ0n) is 12.4. The number of hydrogen-bond donors (Lipinski definition) is 2. The monoisotopic (exact) mass is 309 g/mol. The molecule has 1 aromatic heterocycles. The van der Waals surface area contributed by atoms with Gasteiger partial charge in [-0.05, 0) is 38.5 Å². The molecule has 0 bridgehead atoms. The van der Waals surface area contributed by atoms with Crippen molar-refractivity contribution in [1.82, 2.24) is 15.2 Å². The van der Waals surface area contributed by atoms with Crippen molar-refractivity contribution >= 4 is 17.3 Å².